The van der Waals surface area contributed by atoms with E-state index in [1.807, 2.05) is 0 Å². The highest BCUT2D eigenvalue weighted by atomic mass is 16.5. The predicted molar refractivity (Wildman–Crippen MR) is 113 cm³/mol. The van der Waals surface area contributed by atoms with Crippen molar-refractivity contribution >= 4 is 47.0 Å². The third-order valence-electron chi connectivity index (χ3n) is 4.95. The van der Waals surface area contributed by atoms with Crippen molar-refractivity contribution in [2.45, 2.75) is 27.2 Å². The van der Waals surface area contributed by atoms with Crippen molar-refractivity contribution in [2.24, 2.45) is 0 Å². The molecule has 10 nitrogen and oxygen atoms in total. The zero-order valence-electron chi connectivity index (χ0n) is 17.8. The highest BCUT2D eigenvalue weighted by molar-refractivity contribution is 6.16. The van der Waals surface area contributed by atoms with Crippen LogP contribution in [0.5, 0.6) is 23.0 Å². The van der Waals surface area contributed by atoms with E-state index in [9.17, 15) is 29.1 Å². The minimum Gasteiger partial charge on any atom is -0.477 e. The molecule has 1 heterocycles. The van der Waals surface area contributed by atoms with Gasteiger partial charge in [0.25, 0.3) is 0 Å². The Morgan fingerprint density at radius 3 is 2.30 bits per heavy atom. The number of fused-ring (bicyclic) bond motifs is 4. The zero-order valence-corrected chi connectivity index (χ0v) is 17.8. The van der Waals surface area contributed by atoms with Gasteiger partial charge >= 0.3 is 17.9 Å². The molecule has 0 unspecified atom stereocenters. The molecule has 0 saturated heterocycles. The van der Waals surface area contributed by atoms with E-state index in [1.54, 1.807) is 12.2 Å². The minimum absolute atomic E-state index is 0.0144. The van der Waals surface area contributed by atoms with E-state index in [2.05, 4.69) is 0 Å². The summed E-state index contributed by atoms with van der Waals surface area (Å²) < 4.78 is 16.1. The number of anilines is 2. The van der Waals surface area contributed by atoms with Gasteiger partial charge in [-0.15, -0.1) is 0 Å². The van der Waals surface area contributed by atoms with E-state index in [0.717, 1.165) is 11.8 Å². The van der Waals surface area contributed by atoms with Gasteiger partial charge in [-0.1, -0.05) is 12.2 Å². The highest BCUT2D eigenvalue weighted by Gasteiger charge is 2.38. The Bertz CT molecular complexity index is 1310. The summed E-state index contributed by atoms with van der Waals surface area (Å²) in [5.41, 5.74) is 0.0685. The number of carbonyl (C=O) groups excluding carboxylic acids is 4. The van der Waals surface area contributed by atoms with Crippen molar-refractivity contribution in [1.29, 1.82) is 0 Å². The van der Waals surface area contributed by atoms with Gasteiger partial charge in [-0.3, -0.25) is 24.1 Å². The fourth-order valence-corrected chi connectivity index (χ4v) is 3.84. The molecule has 0 spiro atoms. The summed E-state index contributed by atoms with van der Waals surface area (Å²) in [5.74, 6) is -4.33. The first-order valence-electron chi connectivity index (χ1n) is 9.76. The SMILES string of the molecule is CC(=O)Oc1cc2c(c3c1C=CCC3=O)N(C(C)=O)c1ccc(OC(C)=O)c(C(=O)O)c1O2. The molecule has 0 atom stereocenters. The molecule has 2 aliphatic rings. The number of hydrogen-bond donors (Lipinski definition) is 1. The van der Waals surface area contributed by atoms with Gasteiger partial charge in [0.15, 0.2) is 17.3 Å². The molecule has 0 aromatic heterocycles. The summed E-state index contributed by atoms with van der Waals surface area (Å²) in [4.78, 5) is 62.0. The van der Waals surface area contributed by atoms with Gasteiger partial charge < -0.3 is 19.3 Å². The fraction of sp³-hybridized carbons (Fsp3) is 0.174. The molecule has 2 aromatic carbocycles. The van der Waals surface area contributed by atoms with Crippen molar-refractivity contribution in [3.05, 3.63) is 41.0 Å². The van der Waals surface area contributed by atoms with Gasteiger partial charge in [-0.05, 0) is 12.1 Å². The number of ether oxygens (including phenoxy) is 3. The number of rotatable bonds is 3. The minimum atomic E-state index is -1.47. The van der Waals surface area contributed by atoms with Crippen molar-refractivity contribution in [1.82, 2.24) is 0 Å². The number of aromatic carboxylic acids is 1. The Morgan fingerprint density at radius 2 is 1.70 bits per heavy atom. The number of carboxylic acids is 1. The van der Waals surface area contributed by atoms with Crippen LogP contribution in [-0.4, -0.2) is 34.7 Å². The number of ketones is 1. The smallest absolute Gasteiger partial charge is 0.343 e. The normalized spacial score (nSPS) is 13.3. The highest BCUT2D eigenvalue weighted by Crippen LogP contribution is 2.54. The summed E-state index contributed by atoms with van der Waals surface area (Å²) in [6.45, 7) is 3.54. The number of benzene rings is 2. The second-order valence-electron chi connectivity index (χ2n) is 7.28. The molecule has 4 rings (SSSR count). The fourth-order valence-electron chi connectivity index (χ4n) is 3.84. The van der Waals surface area contributed by atoms with Gasteiger partial charge in [0.1, 0.15) is 22.7 Å². The first-order chi connectivity index (χ1) is 15.6. The quantitative estimate of drug-likeness (QED) is 0.548. The van der Waals surface area contributed by atoms with E-state index in [-0.39, 0.29) is 52.1 Å². The summed E-state index contributed by atoms with van der Waals surface area (Å²) in [6.07, 6.45) is 3.26. The maximum Gasteiger partial charge on any atom is 0.343 e. The monoisotopic (exact) mass is 451 g/mol. The van der Waals surface area contributed by atoms with E-state index in [1.165, 1.54) is 32.0 Å². The van der Waals surface area contributed by atoms with Crippen LogP contribution in [0.1, 0.15) is 53.5 Å². The van der Waals surface area contributed by atoms with Gasteiger partial charge in [0.05, 0.1) is 11.3 Å². The molecule has 33 heavy (non-hydrogen) atoms. The number of esters is 2. The van der Waals surface area contributed by atoms with Crippen LogP contribution >= 0.6 is 0 Å². The van der Waals surface area contributed by atoms with Crippen LogP contribution in [0.3, 0.4) is 0 Å². The third kappa shape index (κ3) is 3.61. The first-order valence-corrected chi connectivity index (χ1v) is 9.76. The number of amides is 1. The molecule has 1 aliphatic carbocycles. The Labute approximate surface area is 187 Å². The van der Waals surface area contributed by atoms with Crippen LogP contribution < -0.4 is 19.1 Å². The Morgan fingerprint density at radius 1 is 1.03 bits per heavy atom. The summed E-state index contributed by atoms with van der Waals surface area (Å²) in [6, 6.07) is 3.90. The van der Waals surface area contributed by atoms with E-state index in [0.29, 0.717) is 5.56 Å². The van der Waals surface area contributed by atoms with E-state index < -0.39 is 29.4 Å². The standard InChI is InChI=1S/C23H17NO9/c1-10(25)24-14-7-8-16(31-11(2)26)20(23(29)30)22(14)33-18-9-17(32-12(3)27)13-5-4-6-15(28)19(13)21(18)24/h4-5,7-9H,6H2,1-3H3,(H,29,30). The molecule has 10 heteroatoms. The van der Waals surface area contributed by atoms with Crippen molar-refractivity contribution in [3.8, 4) is 23.0 Å². The molecule has 1 N–H and O–H groups in total. The van der Waals surface area contributed by atoms with Crippen LogP contribution in [0.2, 0.25) is 0 Å². The van der Waals surface area contributed by atoms with E-state index in [4.69, 9.17) is 14.2 Å². The second kappa shape index (κ2) is 7.90. The maximum absolute atomic E-state index is 12.9. The van der Waals surface area contributed by atoms with Gasteiger partial charge in [-0.25, -0.2) is 4.79 Å². The lowest BCUT2D eigenvalue weighted by Gasteiger charge is -2.34. The largest absolute Gasteiger partial charge is 0.477 e. The number of nitrogens with zero attached hydrogens (tertiary/aromatic N) is 1. The van der Waals surface area contributed by atoms with Crippen LogP contribution in [0, 0.1) is 0 Å². The summed E-state index contributed by atoms with van der Waals surface area (Å²) in [7, 11) is 0. The molecule has 1 aliphatic heterocycles. The van der Waals surface area contributed by atoms with Crippen molar-refractivity contribution < 1.29 is 43.3 Å². The molecular weight excluding hydrogens is 434 g/mol. The zero-order chi connectivity index (χ0) is 24.0. The molecule has 2 aromatic rings. The molecule has 0 radical (unpaired) electrons. The number of Topliss-reactive ketones (excluding diaryl/α,β-unsaturated/α-hetero) is 1. The average Bonchev–Trinajstić information content (AvgIpc) is 2.71. The lowest BCUT2D eigenvalue weighted by molar-refractivity contribution is -0.132. The molecule has 0 saturated carbocycles. The van der Waals surface area contributed by atoms with E-state index >= 15 is 0 Å². The van der Waals surface area contributed by atoms with Crippen LogP contribution in [0.4, 0.5) is 11.4 Å². The van der Waals surface area contributed by atoms with Crippen LogP contribution in [0.25, 0.3) is 6.08 Å². The topological polar surface area (TPSA) is 137 Å². The summed E-state index contributed by atoms with van der Waals surface area (Å²) >= 11 is 0. The second-order valence-corrected chi connectivity index (χ2v) is 7.28. The Kier molecular flexibility index (Phi) is 5.21. The number of carbonyl (C=O) groups is 5. The lowest BCUT2D eigenvalue weighted by atomic mass is 9.91. The van der Waals surface area contributed by atoms with Crippen LogP contribution in [-0.2, 0) is 14.4 Å². The van der Waals surface area contributed by atoms with Crippen molar-refractivity contribution in [2.75, 3.05) is 4.90 Å². The molecular formula is C23H17NO9. The molecule has 168 valence electrons. The van der Waals surface area contributed by atoms with Gasteiger partial charge in [0.2, 0.25) is 5.91 Å². The van der Waals surface area contributed by atoms with Crippen LogP contribution in [0.15, 0.2) is 24.3 Å². The predicted octanol–water partition coefficient (Wildman–Crippen LogP) is 3.63. The molecule has 0 bridgehead atoms. The summed E-state index contributed by atoms with van der Waals surface area (Å²) in [5, 5.41) is 9.81. The Hall–Kier alpha value is -4.47. The number of carboxylic acid groups (broad SMARTS) is 1. The van der Waals surface area contributed by atoms with Crippen molar-refractivity contribution in [3.63, 3.8) is 0 Å². The third-order valence-corrected chi connectivity index (χ3v) is 4.95. The maximum atomic E-state index is 12.9. The van der Waals surface area contributed by atoms with Gasteiger partial charge in [-0.2, -0.15) is 0 Å². The average molecular weight is 451 g/mol. The number of allylic oxidation sites excluding steroid dienone is 1. The molecule has 1 amide bonds. The van der Waals surface area contributed by atoms with Gasteiger partial charge in [0, 0.05) is 38.8 Å². The lowest BCUT2D eigenvalue weighted by Crippen LogP contribution is -2.30. The first kappa shape index (κ1) is 21.8. The Balaban J connectivity index is 2.05. The molecule has 0 fully saturated rings. The number of hydrogen-bond acceptors (Lipinski definition) is 8.